The Kier molecular flexibility index (Phi) is 1.71. The predicted octanol–water partition coefficient (Wildman–Crippen LogP) is 0.968. The maximum absolute atomic E-state index is 11.2. The standard InChI is InChI=1S/C10H10N4O/c15-9-3-1-2-8(12-9)10-13-11-6-14(10)7-4-5-7/h1-3,6-7H,4-5H2,(H,12,15). The van der Waals surface area contributed by atoms with Crippen molar-refractivity contribution < 1.29 is 0 Å². The number of rotatable bonds is 2. The van der Waals surface area contributed by atoms with Crippen molar-refractivity contribution in [2.45, 2.75) is 18.9 Å². The molecule has 2 aromatic rings. The Hall–Kier alpha value is -1.91. The highest BCUT2D eigenvalue weighted by Crippen LogP contribution is 2.36. The molecule has 2 aromatic heterocycles. The third kappa shape index (κ3) is 1.45. The first-order chi connectivity index (χ1) is 7.34. The monoisotopic (exact) mass is 202 g/mol. The molecule has 5 heteroatoms. The normalized spacial score (nSPS) is 15.5. The van der Waals surface area contributed by atoms with Crippen LogP contribution in [-0.2, 0) is 0 Å². The molecule has 76 valence electrons. The second-order valence-electron chi connectivity index (χ2n) is 3.72. The third-order valence-corrected chi connectivity index (χ3v) is 2.52. The molecule has 15 heavy (non-hydrogen) atoms. The van der Waals surface area contributed by atoms with E-state index in [1.54, 1.807) is 12.4 Å². The molecule has 0 saturated heterocycles. The van der Waals surface area contributed by atoms with Crippen LogP contribution in [0, 0.1) is 0 Å². The number of H-pyrrole nitrogens is 1. The number of hydrogen-bond acceptors (Lipinski definition) is 3. The van der Waals surface area contributed by atoms with Gasteiger partial charge in [-0.15, -0.1) is 10.2 Å². The average molecular weight is 202 g/mol. The van der Waals surface area contributed by atoms with Crippen LogP contribution in [0.1, 0.15) is 18.9 Å². The lowest BCUT2D eigenvalue weighted by molar-refractivity contribution is 0.743. The molecule has 5 nitrogen and oxygen atoms in total. The quantitative estimate of drug-likeness (QED) is 0.789. The maximum Gasteiger partial charge on any atom is 0.248 e. The van der Waals surface area contributed by atoms with Gasteiger partial charge in [-0.25, -0.2) is 0 Å². The fourth-order valence-corrected chi connectivity index (χ4v) is 1.63. The second kappa shape index (κ2) is 3.05. The van der Waals surface area contributed by atoms with Gasteiger partial charge in [0.25, 0.3) is 0 Å². The number of aromatic nitrogens is 4. The lowest BCUT2D eigenvalue weighted by Gasteiger charge is -2.03. The molecule has 1 saturated carbocycles. The smallest absolute Gasteiger partial charge is 0.248 e. The van der Waals surface area contributed by atoms with Gasteiger partial charge in [0.2, 0.25) is 5.56 Å². The summed E-state index contributed by atoms with van der Waals surface area (Å²) in [5.74, 6) is 0.746. The number of pyridine rings is 1. The first-order valence-corrected chi connectivity index (χ1v) is 4.94. The Morgan fingerprint density at radius 1 is 1.40 bits per heavy atom. The van der Waals surface area contributed by atoms with Gasteiger partial charge in [0, 0.05) is 12.1 Å². The molecule has 1 aliphatic rings. The third-order valence-electron chi connectivity index (χ3n) is 2.52. The van der Waals surface area contributed by atoms with Gasteiger partial charge < -0.3 is 9.55 Å². The summed E-state index contributed by atoms with van der Waals surface area (Å²) in [5, 5.41) is 7.91. The largest absolute Gasteiger partial charge is 0.319 e. The molecule has 0 aliphatic heterocycles. The summed E-state index contributed by atoms with van der Waals surface area (Å²) in [5.41, 5.74) is 0.616. The molecule has 0 spiro atoms. The molecule has 2 heterocycles. The Labute approximate surface area is 85.8 Å². The van der Waals surface area contributed by atoms with Crippen LogP contribution in [0.2, 0.25) is 0 Å². The van der Waals surface area contributed by atoms with Crippen molar-refractivity contribution in [1.82, 2.24) is 19.7 Å². The Morgan fingerprint density at radius 2 is 2.27 bits per heavy atom. The SMILES string of the molecule is O=c1cccc(-c2nncn2C2CC2)[nH]1. The minimum absolute atomic E-state index is 0.113. The molecular formula is C10H10N4O. The van der Waals surface area contributed by atoms with Gasteiger partial charge in [-0.2, -0.15) is 0 Å². The molecule has 0 atom stereocenters. The van der Waals surface area contributed by atoms with E-state index in [-0.39, 0.29) is 5.56 Å². The van der Waals surface area contributed by atoms with Crippen LogP contribution in [0.4, 0.5) is 0 Å². The van der Waals surface area contributed by atoms with E-state index in [0.29, 0.717) is 6.04 Å². The molecule has 1 N–H and O–H groups in total. The van der Waals surface area contributed by atoms with Crippen LogP contribution in [0.5, 0.6) is 0 Å². The topological polar surface area (TPSA) is 63.6 Å². The summed E-state index contributed by atoms with van der Waals surface area (Å²) < 4.78 is 2.02. The Morgan fingerprint density at radius 3 is 3.00 bits per heavy atom. The minimum atomic E-state index is -0.113. The minimum Gasteiger partial charge on any atom is -0.319 e. The van der Waals surface area contributed by atoms with Crippen molar-refractivity contribution in [2.75, 3.05) is 0 Å². The van der Waals surface area contributed by atoms with Gasteiger partial charge in [0.15, 0.2) is 5.82 Å². The van der Waals surface area contributed by atoms with Gasteiger partial charge in [0.05, 0.1) is 5.69 Å². The Bertz CT molecular complexity index is 538. The van der Waals surface area contributed by atoms with Crippen LogP contribution in [0.15, 0.2) is 29.3 Å². The summed E-state index contributed by atoms with van der Waals surface area (Å²) in [4.78, 5) is 13.9. The van der Waals surface area contributed by atoms with E-state index in [9.17, 15) is 4.79 Å². The van der Waals surface area contributed by atoms with Crippen molar-refractivity contribution in [3.8, 4) is 11.5 Å². The van der Waals surface area contributed by atoms with Crippen LogP contribution in [-0.4, -0.2) is 19.7 Å². The van der Waals surface area contributed by atoms with E-state index >= 15 is 0 Å². The lowest BCUT2D eigenvalue weighted by atomic mass is 10.3. The molecule has 0 radical (unpaired) electrons. The molecule has 3 rings (SSSR count). The highest BCUT2D eigenvalue weighted by atomic mass is 16.1. The summed E-state index contributed by atoms with van der Waals surface area (Å²) in [7, 11) is 0. The molecule has 0 amide bonds. The molecule has 0 bridgehead atoms. The zero-order valence-corrected chi connectivity index (χ0v) is 8.05. The first kappa shape index (κ1) is 8.40. The zero-order valence-electron chi connectivity index (χ0n) is 8.05. The highest BCUT2D eigenvalue weighted by Gasteiger charge is 2.26. The maximum atomic E-state index is 11.2. The van der Waals surface area contributed by atoms with Gasteiger partial charge in [-0.3, -0.25) is 4.79 Å². The predicted molar refractivity (Wildman–Crippen MR) is 54.3 cm³/mol. The number of hydrogen-bond donors (Lipinski definition) is 1. The lowest BCUT2D eigenvalue weighted by Crippen LogP contribution is -2.06. The number of nitrogens with zero attached hydrogens (tertiary/aromatic N) is 3. The fourth-order valence-electron chi connectivity index (χ4n) is 1.63. The van der Waals surface area contributed by atoms with E-state index in [1.807, 2.05) is 10.6 Å². The molecule has 1 fully saturated rings. The molecule has 0 aromatic carbocycles. The van der Waals surface area contributed by atoms with Crippen LogP contribution in [0.25, 0.3) is 11.5 Å². The van der Waals surface area contributed by atoms with Crippen LogP contribution in [0.3, 0.4) is 0 Å². The van der Waals surface area contributed by atoms with Crippen molar-refractivity contribution >= 4 is 0 Å². The fraction of sp³-hybridized carbons (Fsp3) is 0.300. The van der Waals surface area contributed by atoms with Crippen molar-refractivity contribution in [3.63, 3.8) is 0 Å². The van der Waals surface area contributed by atoms with Gasteiger partial charge in [-0.05, 0) is 18.9 Å². The van der Waals surface area contributed by atoms with Crippen LogP contribution < -0.4 is 5.56 Å². The summed E-state index contributed by atoms with van der Waals surface area (Å²) in [6.07, 6.45) is 4.06. The van der Waals surface area contributed by atoms with Gasteiger partial charge >= 0.3 is 0 Å². The highest BCUT2D eigenvalue weighted by molar-refractivity contribution is 5.48. The van der Waals surface area contributed by atoms with Gasteiger partial charge in [0.1, 0.15) is 6.33 Å². The van der Waals surface area contributed by atoms with Crippen LogP contribution >= 0.6 is 0 Å². The summed E-state index contributed by atoms with van der Waals surface area (Å²) in [6.45, 7) is 0. The van der Waals surface area contributed by atoms with Crippen molar-refractivity contribution in [3.05, 3.63) is 34.9 Å². The number of nitrogens with one attached hydrogen (secondary N) is 1. The van der Waals surface area contributed by atoms with E-state index in [1.165, 1.54) is 18.9 Å². The summed E-state index contributed by atoms with van der Waals surface area (Å²) >= 11 is 0. The second-order valence-corrected chi connectivity index (χ2v) is 3.72. The van der Waals surface area contributed by atoms with E-state index in [0.717, 1.165) is 11.5 Å². The number of aromatic amines is 1. The summed E-state index contributed by atoms with van der Waals surface area (Å²) in [6, 6.07) is 5.56. The van der Waals surface area contributed by atoms with Crippen molar-refractivity contribution in [2.24, 2.45) is 0 Å². The van der Waals surface area contributed by atoms with E-state index < -0.39 is 0 Å². The van der Waals surface area contributed by atoms with Gasteiger partial charge in [-0.1, -0.05) is 6.07 Å². The Balaban J connectivity index is 2.11. The average Bonchev–Trinajstić information content (AvgIpc) is 2.96. The first-order valence-electron chi connectivity index (χ1n) is 4.94. The van der Waals surface area contributed by atoms with E-state index in [2.05, 4.69) is 15.2 Å². The zero-order chi connectivity index (χ0) is 10.3. The molecular weight excluding hydrogens is 192 g/mol. The molecule has 0 unspecified atom stereocenters. The molecule has 1 aliphatic carbocycles. The van der Waals surface area contributed by atoms with E-state index in [4.69, 9.17) is 0 Å². The van der Waals surface area contributed by atoms with Crippen molar-refractivity contribution in [1.29, 1.82) is 0 Å².